The Balaban J connectivity index is 2.09. The maximum atomic E-state index is 4.17. The topological polar surface area (TPSA) is 42.7 Å². The fraction of sp³-hybridized carbons (Fsp3) is 0.538. The fourth-order valence-corrected chi connectivity index (χ4v) is 2.88. The lowest BCUT2D eigenvalue weighted by molar-refractivity contribution is 0.531. The first kappa shape index (κ1) is 13.2. The van der Waals surface area contributed by atoms with Crippen molar-refractivity contribution in [2.75, 3.05) is 6.54 Å². The maximum Gasteiger partial charge on any atom is 0.0846 e. The van der Waals surface area contributed by atoms with Gasteiger partial charge in [-0.1, -0.05) is 12.1 Å². The molecule has 4 nitrogen and oxygen atoms in total. The van der Waals surface area contributed by atoms with Crippen LogP contribution >= 0.6 is 11.3 Å². The van der Waals surface area contributed by atoms with E-state index in [1.807, 2.05) is 24.6 Å². The third-order valence-electron chi connectivity index (χ3n) is 2.81. The van der Waals surface area contributed by atoms with Gasteiger partial charge < -0.3 is 5.32 Å². The second kappa shape index (κ2) is 6.11. The highest BCUT2D eigenvalue weighted by molar-refractivity contribution is 7.12. The van der Waals surface area contributed by atoms with Gasteiger partial charge in [-0.05, 0) is 32.0 Å². The third kappa shape index (κ3) is 3.40. The molecule has 2 aromatic rings. The van der Waals surface area contributed by atoms with Gasteiger partial charge in [-0.3, -0.25) is 4.68 Å². The molecule has 2 heterocycles. The lowest BCUT2D eigenvalue weighted by Gasteiger charge is -2.15. The first-order valence-electron chi connectivity index (χ1n) is 6.34. The van der Waals surface area contributed by atoms with Crippen molar-refractivity contribution in [3.05, 3.63) is 33.8 Å². The van der Waals surface area contributed by atoms with E-state index in [1.54, 1.807) is 4.68 Å². The van der Waals surface area contributed by atoms with Crippen molar-refractivity contribution in [1.82, 2.24) is 20.3 Å². The van der Waals surface area contributed by atoms with Crippen molar-refractivity contribution in [2.45, 2.75) is 32.7 Å². The lowest BCUT2D eigenvalue weighted by Crippen LogP contribution is -2.23. The maximum absolute atomic E-state index is 4.17. The summed E-state index contributed by atoms with van der Waals surface area (Å²) in [7, 11) is 1.90. The van der Waals surface area contributed by atoms with Crippen LogP contribution in [0, 0.1) is 6.92 Å². The normalized spacial score (nSPS) is 12.8. The van der Waals surface area contributed by atoms with Gasteiger partial charge in [0, 0.05) is 35.5 Å². The average molecular weight is 264 g/mol. The van der Waals surface area contributed by atoms with Crippen LogP contribution in [0.15, 0.2) is 18.3 Å². The molecule has 1 atom stereocenters. The summed E-state index contributed by atoms with van der Waals surface area (Å²) >= 11 is 1.85. The van der Waals surface area contributed by atoms with Crippen molar-refractivity contribution in [2.24, 2.45) is 7.05 Å². The Morgan fingerprint density at radius 2 is 2.28 bits per heavy atom. The predicted molar refractivity (Wildman–Crippen MR) is 74.8 cm³/mol. The SMILES string of the molecule is CCCNC(Cc1cn(C)nn1)c1ccc(C)s1. The van der Waals surface area contributed by atoms with Crippen molar-refractivity contribution in [3.8, 4) is 0 Å². The quantitative estimate of drug-likeness (QED) is 0.871. The van der Waals surface area contributed by atoms with Gasteiger partial charge in [-0.2, -0.15) is 0 Å². The Hall–Kier alpha value is -1.20. The number of nitrogens with zero attached hydrogens (tertiary/aromatic N) is 3. The fourth-order valence-electron chi connectivity index (χ4n) is 1.93. The van der Waals surface area contributed by atoms with E-state index in [-0.39, 0.29) is 0 Å². The summed E-state index contributed by atoms with van der Waals surface area (Å²) < 4.78 is 1.76. The Kier molecular flexibility index (Phi) is 4.49. The largest absolute Gasteiger partial charge is 0.309 e. The molecule has 0 aromatic carbocycles. The Labute approximate surface area is 112 Å². The first-order chi connectivity index (χ1) is 8.69. The zero-order valence-corrected chi connectivity index (χ0v) is 12.0. The minimum absolute atomic E-state index is 0.348. The minimum atomic E-state index is 0.348. The number of rotatable bonds is 6. The van der Waals surface area contributed by atoms with E-state index in [2.05, 4.69) is 41.6 Å². The van der Waals surface area contributed by atoms with E-state index in [4.69, 9.17) is 0 Å². The zero-order valence-electron chi connectivity index (χ0n) is 11.2. The molecule has 18 heavy (non-hydrogen) atoms. The van der Waals surface area contributed by atoms with E-state index < -0.39 is 0 Å². The molecule has 0 saturated heterocycles. The average Bonchev–Trinajstić information content (AvgIpc) is 2.93. The van der Waals surface area contributed by atoms with Gasteiger partial charge in [0.2, 0.25) is 0 Å². The van der Waals surface area contributed by atoms with Gasteiger partial charge in [0.05, 0.1) is 5.69 Å². The van der Waals surface area contributed by atoms with Crippen LogP contribution in [0.4, 0.5) is 0 Å². The van der Waals surface area contributed by atoms with Crippen molar-refractivity contribution in [3.63, 3.8) is 0 Å². The van der Waals surface area contributed by atoms with Gasteiger partial charge in [-0.15, -0.1) is 16.4 Å². The molecule has 0 spiro atoms. The van der Waals surface area contributed by atoms with E-state index in [9.17, 15) is 0 Å². The smallest absolute Gasteiger partial charge is 0.0846 e. The third-order valence-corrected chi connectivity index (χ3v) is 3.92. The lowest BCUT2D eigenvalue weighted by atomic mass is 10.1. The molecular formula is C13H20N4S. The minimum Gasteiger partial charge on any atom is -0.309 e. The highest BCUT2D eigenvalue weighted by Crippen LogP contribution is 2.25. The van der Waals surface area contributed by atoms with Crippen LogP contribution in [-0.4, -0.2) is 21.5 Å². The second-order valence-electron chi connectivity index (χ2n) is 4.54. The predicted octanol–water partition coefficient (Wildman–Crippen LogP) is 2.47. The molecule has 0 aliphatic carbocycles. The van der Waals surface area contributed by atoms with Crippen molar-refractivity contribution >= 4 is 11.3 Å². The Morgan fingerprint density at radius 3 is 2.83 bits per heavy atom. The molecule has 2 rings (SSSR count). The first-order valence-corrected chi connectivity index (χ1v) is 7.15. The molecule has 0 bridgehead atoms. The van der Waals surface area contributed by atoms with Crippen LogP contribution in [0.1, 0.15) is 34.8 Å². The van der Waals surface area contributed by atoms with E-state index in [1.165, 1.54) is 9.75 Å². The molecule has 1 unspecified atom stereocenters. The molecule has 5 heteroatoms. The summed E-state index contributed by atoms with van der Waals surface area (Å²) in [5.74, 6) is 0. The number of aryl methyl sites for hydroxylation is 2. The Morgan fingerprint density at radius 1 is 1.44 bits per heavy atom. The second-order valence-corrected chi connectivity index (χ2v) is 5.86. The standard InChI is InChI=1S/C13H20N4S/c1-4-7-14-12(13-6-5-10(2)18-13)8-11-9-17(3)16-15-11/h5-6,9,12,14H,4,7-8H2,1-3H3. The molecule has 0 aliphatic heterocycles. The van der Waals surface area contributed by atoms with Crippen LogP contribution in [0.3, 0.4) is 0 Å². The van der Waals surface area contributed by atoms with Crippen LogP contribution < -0.4 is 5.32 Å². The number of thiophene rings is 1. The van der Waals surface area contributed by atoms with Crippen LogP contribution in [0.25, 0.3) is 0 Å². The van der Waals surface area contributed by atoms with Crippen LogP contribution in [0.2, 0.25) is 0 Å². The molecule has 0 amide bonds. The molecule has 0 aliphatic rings. The molecule has 98 valence electrons. The Bertz CT molecular complexity index is 489. The molecule has 2 aromatic heterocycles. The van der Waals surface area contributed by atoms with Gasteiger partial charge in [-0.25, -0.2) is 0 Å². The number of hydrogen-bond donors (Lipinski definition) is 1. The van der Waals surface area contributed by atoms with Crippen molar-refractivity contribution < 1.29 is 0 Å². The molecule has 0 fully saturated rings. The summed E-state index contributed by atoms with van der Waals surface area (Å²) in [6.45, 7) is 5.36. The molecule has 0 saturated carbocycles. The summed E-state index contributed by atoms with van der Waals surface area (Å²) in [6.07, 6.45) is 4.02. The van der Waals surface area contributed by atoms with Gasteiger partial charge >= 0.3 is 0 Å². The van der Waals surface area contributed by atoms with Crippen LogP contribution in [-0.2, 0) is 13.5 Å². The highest BCUT2D eigenvalue weighted by Gasteiger charge is 2.15. The van der Waals surface area contributed by atoms with Crippen molar-refractivity contribution in [1.29, 1.82) is 0 Å². The van der Waals surface area contributed by atoms with E-state index >= 15 is 0 Å². The molecule has 0 radical (unpaired) electrons. The summed E-state index contributed by atoms with van der Waals surface area (Å²) in [6, 6.07) is 4.74. The van der Waals surface area contributed by atoms with Crippen LogP contribution in [0.5, 0.6) is 0 Å². The van der Waals surface area contributed by atoms with E-state index in [0.717, 1.165) is 25.1 Å². The van der Waals surface area contributed by atoms with Gasteiger partial charge in [0.15, 0.2) is 0 Å². The molecule has 1 N–H and O–H groups in total. The monoisotopic (exact) mass is 264 g/mol. The number of hydrogen-bond acceptors (Lipinski definition) is 4. The van der Waals surface area contributed by atoms with Gasteiger partial charge in [0.1, 0.15) is 0 Å². The zero-order chi connectivity index (χ0) is 13.0. The summed E-state index contributed by atoms with van der Waals surface area (Å²) in [5, 5.41) is 11.8. The van der Waals surface area contributed by atoms with Gasteiger partial charge in [0.25, 0.3) is 0 Å². The van der Waals surface area contributed by atoms with E-state index in [0.29, 0.717) is 6.04 Å². The number of nitrogens with one attached hydrogen (secondary N) is 1. The highest BCUT2D eigenvalue weighted by atomic mass is 32.1. The molecular weight excluding hydrogens is 244 g/mol. The number of aromatic nitrogens is 3. The summed E-state index contributed by atoms with van der Waals surface area (Å²) in [5.41, 5.74) is 1.04. The summed E-state index contributed by atoms with van der Waals surface area (Å²) in [4.78, 5) is 2.74.